The van der Waals surface area contributed by atoms with Crippen molar-refractivity contribution < 1.29 is 14.0 Å². The van der Waals surface area contributed by atoms with Crippen molar-refractivity contribution in [2.45, 2.75) is 26.4 Å². The summed E-state index contributed by atoms with van der Waals surface area (Å²) in [6, 6.07) is 10.5. The molecule has 1 aliphatic rings. The van der Waals surface area contributed by atoms with Gasteiger partial charge in [-0.2, -0.15) is 0 Å². The number of nitrogens with one attached hydrogen (secondary N) is 1. The van der Waals surface area contributed by atoms with E-state index >= 15 is 0 Å². The lowest BCUT2D eigenvalue weighted by atomic mass is 10.1. The lowest BCUT2D eigenvalue weighted by Crippen LogP contribution is -2.32. The molecule has 2 aromatic carbocycles. The standard InChI is InChI=1S/C23H22BrFN4O2/c1-15-8-19(3-4-20(15)24)29-13-18(10-22(29)30)23(31)27-11-16-2-5-21(25)17(9-16)12-28-7-6-26-14-28/h2-9,14,18H,10-13H2,1H3,(H,27,31)/t18-/m1/s1. The van der Waals surface area contributed by atoms with Crippen molar-refractivity contribution in [1.29, 1.82) is 0 Å². The molecule has 1 atom stereocenters. The third-order valence-electron chi connectivity index (χ3n) is 5.44. The van der Waals surface area contributed by atoms with Crippen molar-refractivity contribution in [3.8, 4) is 0 Å². The van der Waals surface area contributed by atoms with E-state index in [0.717, 1.165) is 21.3 Å². The summed E-state index contributed by atoms with van der Waals surface area (Å²) >= 11 is 3.46. The van der Waals surface area contributed by atoms with E-state index in [4.69, 9.17) is 0 Å². The average molecular weight is 485 g/mol. The molecule has 2 amide bonds. The zero-order chi connectivity index (χ0) is 22.0. The fourth-order valence-electron chi connectivity index (χ4n) is 3.70. The Balaban J connectivity index is 1.38. The second kappa shape index (κ2) is 9.01. The summed E-state index contributed by atoms with van der Waals surface area (Å²) in [6.45, 7) is 2.95. The van der Waals surface area contributed by atoms with Crippen LogP contribution < -0.4 is 10.2 Å². The Morgan fingerprint density at radius 3 is 2.87 bits per heavy atom. The number of carbonyl (C=O) groups is 2. The summed E-state index contributed by atoms with van der Waals surface area (Å²) in [4.78, 5) is 30.8. The molecule has 4 rings (SSSR count). The normalized spacial score (nSPS) is 16.0. The Kier molecular flexibility index (Phi) is 6.18. The summed E-state index contributed by atoms with van der Waals surface area (Å²) in [5.41, 5.74) is 3.15. The number of amides is 2. The second-order valence-corrected chi connectivity index (χ2v) is 8.57. The van der Waals surface area contributed by atoms with Gasteiger partial charge in [-0.15, -0.1) is 0 Å². The first kappa shape index (κ1) is 21.2. The number of rotatable bonds is 6. The van der Waals surface area contributed by atoms with Gasteiger partial charge >= 0.3 is 0 Å². The summed E-state index contributed by atoms with van der Waals surface area (Å²) in [5, 5.41) is 2.89. The number of halogens is 2. The van der Waals surface area contributed by atoms with E-state index in [2.05, 4.69) is 26.2 Å². The van der Waals surface area contributed by atoms with E-state index in [1.54, 1.807) is 40.3 Å². The van der Waals surface area contributed by atoms with Crippen molar-refractivity contribution in [1.82, 2.24) is 14.9 Å². The topological polar surface area (TPSA) is 67.2 Å². The summed E-state index contributed by atoms with van der Waals surface area (Å²) in [5.74, 6) is -0.954. The average Bonchev–Trinajstić information content (AvgIpc) is 3.40. The van der Waals surface area contributed by atoms with Crippen LogP contribution >= 0.6 is 15.9 Å². The molecule has 6 nitrogen and oxygen atoms in total. The highest BCUT2D eigenvalue weighted by atomic mass is 79.9. The van der Waals surface area contributed by atoms with Gasteiger partial charge in [0.2, 0.25) is 11.8 Å². The molecule has 1 aliphatic heterocycles. The fourth-order valence-corrected chi connectivity index (χ4v) is 3.95. The summed E-state index contributed by atoms with van der Waals surface area (Å²) in [7, 11) is 0. The van der Waals surface area contributed by atoms with E-state index in [1.807, 2.05) is 25.1 Å². The van der Waals surface area contributed by atoms with Crippen LogP contribution in [0.4, 0.5) is 10.1 Å². The minimum absolute atomic E-state index is 0.0636. The number of imidazole rings is 1. The minimum Gasteiger partial charge on any atom is -0.352 e. The zero-order valence-corrected chi connectivity index (χ0v) is 18.6. The van der Waals surface area contributed by atoms with Gasteiger partial charge in [-0.25, -0.2) is 9.37 Å². The van der Waals surface area contributed by atoms with Crippen LogP contribution in [0, 0.1) is 18.7 Å². The lowest BCUT2D eigenvalue weighted by Gasteiger charge is -2.18. The number of aryl methyl sites for hydroxylation is 1. The highest BCUT2D eigenvalue weighted by Gasteiger charge is 2.35. The predicted octanol–water partition coefficient (Wildman–Crippen LogP) is 3.81. The first-order valence-corrected chi connectivity index (χ1v) is 10.8. The van der Waals surface area contributed by atoms with Crippen molar-refractivity contribution in [2.24, 2.45) is 5.92 Å². The predicted molar refractivity (Wildman–Crippen MR) is 119 cm³/mol. The van der Waals surface area contributed by atoms with Gasteiger partial charge < -0.3 is 14.8 Å². The number of nitrogens with zero attached hydrogens (tertiary/aromatic N) is 3. The maximum Gasteiger partial charge on any atom is 0.227 e. The smallest absolute Gasteiger partial charge is 0.227 e. The van der Waals surface area contributed by atoms with Crippen LogP contribution in [0.15, 0.2) is 59.6 Å². The van der Waals surface area contributed by atoms with E-state index in [-0.39, 0.29) is 30.6 Å². The Morgan fingerprint density at radius 2 is 2.13 bits per heavy atom. The molecule has 1 saturated heterocycles. The van der Waals surface area contributed by atoms with Gasteiger partial charge in [0.1, 0.15) is 5.82 Å². The molecular weight excluding hydrogens is 463 g/mol. The zero-order valence-electron chi connectivity index (χ0n) is 17.0. The number of benzene rings is 2. The van der Waals surface area contributed by atoms with Crippen LogP contribution in [0.25, 0.3) is 0 Å². The molecule has 0 unspecified atom stereocenters. The first-order valence-electron chi connectivity index (χ1n) is 9.98. The second-order valence-electron chi connectivity index (χ2n) is 7.72. The maximum atomic E-state index is 14.1. The van der Waals surface area contributed by atoms with Crippen LogP contribution in [0.3, 0.4) is 0 Å². The molecule has 160 valence electrons. The number of hydrogen-bond donors (Lipinski definition) is 1. The molecule has 1 N–H and O–H groups in total. The van der Waals surface area contributed by atoms with E-state index in [0.29, 0.717) is 18.7 Å². The Morgan fingerprint density at radius 1 is 1.29 bits per heavy atom. The molecule has 0 spiro atoms. The monoisotopic (exact) mass is 484 g/mol. The van der Waals surface area contributed by atoms with Crippen molar-refractivity contribution in [2.75, 3.05) is 11.4 Å². The number of hydrogen-bond acceptors (Lipinski definition) is 3. The van der Waals surface area contributed by atoms with Crippen molar-refractivity contribution >= 4 is 33.4 Å². The van der Waals surface area contributed by atoms with E-state index in [1.165, 1.54) is 6.07 Å². The molecule has 0 aliphatic carbocycles. The maximum absolute atomic E-state index is 14.1. The number of aromatic nitrogens is 2. The van der Waals surface area contributed by atoms with Crippen LogP contribution in [-0.2, 0) is 22.7 Å². The van der Waals surface area contributed by atoms with Gasteiger partial charge in [0.05, 0.1) is 18.8 Å². The Hall–Kier alpha value is -3.00. The summed E-state index contributed by atoms with van der Waals surface area (Å²) in [6.07, 6.45) is 5.22. The molecule has 0 bridgehead atoms. The van der Waals surface area contributed by atoms with Gasteiger partial charge in [-0.3, -0.25) is 9.59 Å². The van der Waals surface area contributed by atoms with Crippen molar-refractivity contribution in [3.05, 3.63) is 82.1 Å². The highest BCUT2D eigenvalue weighted by Crippen LogP contribution is 2.28. The molecule has 2 heterocycles. The van der Waals surface area contributed by atoms with Crippen molar-refractivity contribution in [3.63, 3.8) is 0 Å². The molecule has 1 fully saturated rings. The first-order chi connectivity index (χ1) is 14.9. The SMILES string of the molecule is Cc1cc(N2C[C@H](C(=O)NCc3ccc(F)c(Cn4ccnc4)c3)CC2=O)ccc1Br. The molecule has 0 radical (unpaired) electrons. The minimum atomic E-state index is -0.415. The quantitative estimate of drug-likeness (QED) is 0.578. The van der Waals surface area contributed by atoms with Gasteiger partial charge in [-0.1, -0.05) is 22.0 Å². The number of anilines is 1. The van der Waals surface area contributed by atoms with Gasteiger partial charge in [0.15, 0.2) is 0 Å². The van der Waals surface area contributed by atoms with Crippen LogP contribution in [-0.4, -0.2) is 27.9 Å². The molecular formula is C23H22BrFN4O2. The third-order valence-corrected chi connectivity index (χ3v) is 6.33. The van der Waals surface area contributed by atoms with Gasteiger partial charge in [-0.05, 0) is 48.4 Å². The van der Waals surface area contributed by atoms with Gasteiger partial charge in [0.25, 0.3) is 0 Å². The Labute approximate surface area is 188 Å². The molecule has 3 aromatic rings. The van der Waals surface area contributed by atoms with Crippen LogP contribution in [0.5, 0.6) is 0 Å². The lowest BCUT2D eigenvalue weighted by molar-refractivity contribution is -0.126. The van der Waals surface area contributed by atoms with Gasteiger partial charge in [0, 0.05) is 47.6 Å². The third kappa shape index (κ3) is 4.85. The largest absolute Gasteiger partial charge is 0.352 e. The van der Waals surface area contributed by atoms with E-state index < -0.39 is 5.92 Å². The summed E-state index contributed by atoms with van der Waals surface area (Å²) < 4.78 is 16.9. The molecule has 8 heteroatoms. The molecule has 0 saturated carbocycles. The molecule has 31 heavy (non-hydrogen) atoms. The fraction of sp³-hybridized carbons (Fsp3) is 0.261. The highest BCUT2D eigenvalue weighted by molar-refractivity contribution is 9.10. The van der Waals surface area contributed by atoms with E-state index in [9.17, 15) is 14.0 Å². The van der Waals surface area contributed by atoms with Crippen LogP contribution in [0.2, 0.25) is 0 Å². The number of carbonyl (C=O) groups excluding carboxylic acids is 2. The Bertz CT molecular complexity index is 1120. The van der Waals surface area contributed by atoms with Crippen LogP contribution in [0.1, 0.15) is 23.1 Å². The molecule has 1 aromatic heterocycles.